The van der Waals surface area contributed by atoms with Crippen LogP contribution in [0.15, 0.2) is 53.0 Å². The highest BCUT2D eigenvalue weighted by molar-refractivity contribution is 9.10. The van der Waals surface area contributed by atoms with Crippen molar-refractivity contribution in [3.8, 4) is 0 Å². The molecule has 3 N–H and O–H groups in total. The Labute approximate surface area is 149 Å². The van der Waals surface area contributed by atoms with Crippen molar-refractivity contribution in [1.82, 2.24) is 0 Å². The van der Waals surface area contributed by atoms with E-state index in [1.54, 1.807) is 24.3 Å². The molecule has 24 heavy (non-hydrogen) atoms. The fourth-order valence-electron chi connectivity index (χ4n) is 3.38. The minimum atomic E-state index is -0.494. The van der Waals surface area contributed by atoms with Crippen LogP contribution in [0.3, 0.4) is 0 Å². The SMILES string of the molecule is NC(=O)c1ccc(NC(=O)C2(c3cccc(Br)c3)CCCC2)cc1. The molecule has 0 aromatic heterocycles. The molecule has 0 aliphatic heterocycles. The molecule has 1 saturated carbocycles. The molecule has 0 bridgehead atoms. The number of carbonyl (C=O) groups is 2. The summed E-state index contributed by atoms with van der Waals surface area (Å²) in [4.78, 5) is 24.2. The van der Waals surface area contributed by atoms with E-state index in [1.807, 2.05) is 24.3 Å². The van der Waals surface area contributed by atoms with E-state index in [4.69, 9.17) is 5.73 Å². The molecular weight excluding hydrogens is 368 g/mol. The topological polar surface area (TPSA) is 72.2 Å². The Morgan fingerprint density at radius 3 is 2.29 bits per heavy atom. The highest BCUT2D eigenvalue weighted by Crippen LogP contribution is 2.42. The average molecular weight is 387 g/mol. The van der Waals surface area contributed by atoms with Gasteiger partial charge >= 0.3 is 0 Å². The second kappa shape index (κ2) is 6.77. The molecule has 3 rings (SSSR count). The summed E-state index contributed by atoms with van der Waals surface area (Å²) in [6.45, 7) is 0. The van der Waals surface area contributed by atoms with Crippen molar-refractivity contribution in [1.29, 1.82) is 0 Å². The van der Waals surface area contributed by atoms with Crippen molar-refractivity contribution in [2.75, 3.05) is 5.32 Å². The molecule has 0 atom stereocenters. The first-order chi connectivity index (χ1) is 11.5. The summed E-state index contributed by atoms with van der Waals surface area (Å²) < 4.78 is 0.977. The molecule has 1 aliphatic rings. The fraction of sp³-hybridized carbons (Fsp3) is 0.263. The van der Waals surface area contributed by atoms with Gasteiger partial charge in [-0.1, -0.05) is 40.9 Å². The number of hydrogen-bond donors (Lipinski definition) is 2. The predicted octanol–water partition coefficient (Wildman–Crippen LogP) is 4.00. The van der Waals surface area contributed by atoms with Crippen molar-refractivity contribution in [3.05, 3.63) is 64.1 Å². The molecule has 5 heteroatoms. The predicted molar refractivity (Wildman–Crippen MR) is 97.9 cm³/mol. The Balaban J connectivity index is 1.86. The van der Waals surface area contributed by atoms with Crippen LogP contribution in [-0.4, -0.2) is 11.8 Å². The van der Waals surface area contributed by atoms with E-state index in [9.17, 15) is 9.59 Å². The maximum absolute atomic E-state index is 13.0. The summed E-state index contributed by atoms with van der Waals surface area (Å²) in [6, 6.07) is 14.6. The summed E-state index contributed by atoms with van der Waals surface area (Å²) in [5.74, 6) is -0.473. The van der Waals surface area contributed by atoms with Gasteiger partial charge in [0.05, 0.1) is 5.41 Å². The maximum atomic E-state index is 13.0. The smallest absolute Gasteiger partial charge is 0.248 e. The summed E-state index contributed by atoms with van der Waals surface area (Å²) in [7, 11) is 0. The zero-order chi connectivity index (χ0) is 17.2. The second-order valence-electron chi connectivity index (χ2n) is 6.20. The van der Waals surface area contributed by atoms with Crippen LogP contribution in [0, 0.1) is 0 Å². The van der Waals surface area contributed by atoms with Crippen molar-refractivity contribution >= 4 is 33.4 Å². The highest BCUT2D eigenvalue weighted by atomic mass is 79.9. The number of carbonyl (C=O) groups excluding carboxylic acids is 2. The minimum Gasteiger partial charge on any atom is -0.366 e. The minimum absolute atomic E-state index is 0.00456. The summed E-state index contributed by atoms with van der Waals surface area (Å²) >= 11 is 3.50. The van der Waals surface area contributed by atoms with E-state index in [1.165, 1.54) is 0 Å². The Morgan fingerprint density at radius 1 is 1.04 bits per heavy atom. The van der Waals surface area contributed by atoms with Gasteiger partial charge in [0, 0.05) is 15.7 Å². The molecule has 124 valence electrons. The third-order valence-corrected chi connectivity index (χ3v) is 5.19. The number of halogens is 1. The van der Waals surface area contributed by atoms with E-state index in [-0.39, 0.29) is 5.91 Å². The number of primary amides is 1. The van der Waals surface area contributed by atoms with Crippen LogP contribution >= 0.6 is 15.9 Å². The van der Waals surface area contributed by atoms with E-state index < -0.39 is 11.3 Å². The Kier molecular flexibility index (Phi) is 4.71. The van der Waals surface area contributed by atoms with Crippen molar-refractivity contribution in [2.24, 2.45) is 5.73 Å². The highest BCUT2D eigenvalue weighted by Gasteiger charge is 2.42. The lowest BCUT2D eigenvalue weighted by Gasteiger charge is -2.28. The number of hydrogen-bond acceptors (Lipinski definition) is 2. The van der Waals surface area contributed by atoms with Crippen LogP contribution in [0.25, 0.3) is 0 Å². The van der Waals surface area contributed by atoms with Gasteiger partial charge in [0.25, 0.3) is 0 Å². The number of benzene rings is 2. The Hall–Kier alpha value is -2.14. The molecule has 1 aliphatic carbocycles. The number of nitrogens with one attached hydrogen (secondary N) is 1. The summed E-state index contributed by atoms with van der Waals surface area (Å²) in [5.41, 5.74) is 6.89. The first-order valence-electron chi connectivity index (χ1n) is 7.99. The average Bonchev–Trinajstić information content (AvgIpc) is 3.06. The molecule has 2 amide bonds. The summed E-state index contributed by atoms with van der Waals surface area (Å²) in [6.07, 6.45) is 3.77. The monoisotopic (exact) mass is 386 g/mol. The quantitative estimate of drug-likeness (QED) is 0.833. The van der Waals surface area contributed by atoms with E-state index in [2.05, 4.69) is 21.2 Å². The van der Waals surface area contributed by atoms with E-state index in [0.717, 1.165) is 35.7 Å². The lowest BCUT2D eigenvalue weighted by atomic mass is 9.78. The number of amides is 2. The van der Waals surface area contributed by atoms with Crippen molar-refractivity contribution < 1.29 is 9.59 Å². The van der Waals surface area contributed by atoms with Crippen LogP contribution in [0.1, 0.15) is 41.6 Å². The third-order valence-electron chi connectivity index (χ3n) is 4.70. The first kappa shape index (κ1) is 16.7. The normalized spacial score (nSPS) is 15.9. The molecule has 2 aromatic carbocycles. The van der Waals surface area contributed by atoms with Crippen molar-refractivity contribution in [2.45, 2.75) is 31.1 Å². The van der Waals surface area contributed by atoms with E-state index in [0.29, 0.717) is 11.3 Å². The van der Waals surface area contributed by atoms with Crippen LogP contribution in [0.5, 0.6) is 0 Å². The summed E-state index contributed by atoms with van der Waals surface area (Å²) in [5, 5.41) is 3.00. The standard InChI is InChI=1S/C19H19BrN2O2/c20-15-5-3-4-14(12-15)19(10-1-2-11-19)18(24)22-16-8-6-13(7-9-16)17(21)23/h3-9,12H,1-2,10-11H2,(H2,21,23)(H,22,24). The number of nitrogens with two attached hydrogens (primary N) is 1. The van der Waals surface area contributed by atoms with Gasteiger partial charge in [-0.3, -0.25) is 9.59 Å². The van der Waals surface area contributed by atoms with Gasteiger partial charge in [-0.2, -0.15) is 0 Å². The molecule has 0 radical (unpaired) electrons. The lowest BCUT2D eigenvalue weighted by molar-refractivity contribution is -0.121. The third kappa shape index (κ3) is 3.22. The van der Waals surface area contributed by atoms with Gasteiger partial charge in [-0.25, -0.2) is 0 Å². The van der Waals surface area contributed by atoms with Crippen LogP contribution in [0.4, 0.5) is 5.69 Å². The van der Waals surface area contributed by atoms with E-state index >= 15 is 0 Å². The molecular formula is C19H19BrN2O2. The Bertz CT molecular complexity index is 765. The molecule has 2 aromatic rings. The second-order valence-corrected chi connectivity index (χ2v) is 7.11. The van der Waals surface area contributed by atoms with Crippen LogP contribution < -0.4 is 11.1 Å². The van der Waals surface area contributed by atoms with Gasteiger partial charge in [0.15, 0.2) is 0 Å². The molecule has 1 fully saturated rings. The van der Waals surface area contributed by atoms with Gasteiger partial charge < -0.3 is 11.1 Å². The largest absolute Gasteiger partial charge is 0.366 e. The molecule has 0 spiro atoms. The lowest BCUT2D eigenvalue weighted by Crippen LogP contribution is -2.38. The number of anilines is 1. The first-order valence-corrected chi connectivity index (χ1v) is 8.78. The van der Waals surface area contributed by atoms with Gasteiger partial charge in [0.1, 0.15) is 0 Å². The van der Waals surface area contributed by atoms with Gasteiger partial charge in [0.2, 0.25) is 11.8 Å². The number of rotatable bonds is 4. The Morgan fingerprint density at radius 2 is 1.71 bits per heavy atom. The zero-order valence-corrected chi connectivity index (χ0v) is 14.8. The fourth-order valence-corrected chi connectivity index (χ4v) is 3.78. The molecule has 0 heterocycles. The maximum Gasteiger partial charge on any atom is 0.248 e. The van der Waals surface area contributed by atoms with Gasteiger partial charge in [-0.05, 0) is 54.8 Å². The van der Waals surface area contributed by atoms with Gasteiger partial charge in [-0.15, -0.1) is 0 Å². The zero-order valence-electron chi connectivity index (χ0n) is 13.2. The molecule has 0 unspecified atom stereocenters. The van der Waals surface area contributed by atoms with Crippen molar-refractivity contribution in [3.63, 3.8) is 0 Å². The molecule has 0 saturated heterocycles. The molecule has 4 nitrogen and oxygen atoms in total. The van der Waals surface area contributed by atoms with Crippen LogP contribution in [-0.2, 0) is 10.2 Å². The van der Waals surface area contributed by atoms with Crippen LogP contribution in [0.2, 0.25) is 0 Å².